The van der Waals surface area contributed by atoms with Gasteiger partial charge in [0.1, 0.15) is 0 Å². The molecular weight excluding hydrogens is 205 g/mol. The van der Waals surface area contributed by atoms with Crippen molar-refractivity contribution in [3.8, 4) is 0 Å². The van der Waals surface area contributed by atoms with Crippen LogP contribution in [0.1, 0.15) is 18.5 Å². The Hall–Kier alpha value is -1.42. The first-order chi connectivity index (χ1) is 7.83. The Balaban J connectivity index is 1.90. The largest absolute Gasteiger partial charge is 0.314 e. The van der Waals surface area contributed by atoms with Gasteiger partial charge >= 0.3 is 0 Å². The molecule has 1 fully saturated rings. The van der Waals surface area contributed by atoms with E-state index in [2.05, 4.69) is 10.3 Å². The van der Waals surface area contributed by atoms with Crippen molar-refractivity contribution in [2.24, 2.45) is 0 Å². The van der Waals surface area contributed by atoms with Gasteiger partial charge in [0.05, 0.1) is 5.69 Å². The second kappa shape index (κ2) is 3.87. The van der Waals surface area contributed by atoms with Crippen LogP contribution in [0.15, 0.2) is 24.5 Å². The summed E-state index contributed by atoms with van der Waals surface area (Å²) >= 11 is 0. The normalized spacial score (nSPS) is 20.7. The molecule has 3 nitrogen and oxygen atoms in total. The third kappa shape index (κ3) is 1.69. The predicted octanol–water partition coefficient (Wildman–Crippen LogP) is 1.77. The molecule has 1 atom stereocenters. The van der Waals surface area contributed by atoms with Gasteiger partial charge in [-0.1, -0.05) is 0 Å². The average Bonchev–Trinajstić information content (AvgIpc) is 2.88. The van der Waals surface area contributed by atoms with E-state index in [1.807, 2.05) is 12.4 Å². The minimum absolute atomic E-state index is 0.256. The van der Waals surface area contributed by atoms with E-state index in [4.69, 9.17) is 0 Å². The van der Waals surface area contributed by atoms with Crippen molar-refractivity contribution in [1.82, 2.24) is 14.7 Å². The van der Waals surface area contributed by atoms with Crippen LogP contribution in [0.25, 0.3) is 5.65 Å². The highest BCUT2D eigenvalue weighted by Crippen LogP contribution is 2.14. The molecule has 2 aromatic heterocycles. The monoisotopic (exact) mass is 219 g/mol. The van der Waals surface area contributed by atoms with Gasteiger partial charge in [-0.3, -0.25) is 0 Å². The molecule has 1 unspecified atom stereocenters. The van der Waals surface area contributed by atoms with Crippen LogP contribution < -0.4 is 5.32 Å². The van der Waals surface area contributed by atoms with E-state index >= 15 is 0 Å². The summed E-state index contributed by atoms with van der Waals surface area (Å²) in [6.07, 6.45) is 7.05. The van der Waals surface area contributed by atoms with Gasteiger partial charge in [0, 0.05) is 24.9 Å². The minimum atomic E-state index is -0.256. The molecule has 0 bridgehead atoms. The molecule has 84 valence electrons. The van der Waals surface area contributed by atoms with Crippen LogP contribution >= 0.6 is 0 Å². The summed E-state index contributed by atoms with van der Waals surface area (Å²) < 4.78 is 15.2. The van der Waals surface area contributed by atoms with Crippen molar-refractivity contribution >= 4 is 5.65 Å². The molecule has 1 aliphatic rings. The van der Waals surface area contributed by atoms with Crippen LogP contribution in [0.2, 0.25) is 0 Å². The topological polar surface area (TPSA) is 29.3 Å². The Morgan fingerprint density at radius 3 is 3.25 bits per heavy atom. The van der Waals surface area contributed by atoms with Crippen LogP contribution in [-0.4, -0.2) is 22.0 Å². The summed E-state index contributed by atoms with van der Waals surface area (Å²) in [4.78, 5) is 4.32. The zero-order valence-electron chi connectivity index (χ0n) is 8.99. The molecule has 3 rings (SSSR count). The van der Waals surface area contributed by atoms with E-state index in [0.29, 0.717) is 11.7 Å². The number of pyridine rings is 1. The van der Waals surface area contributed by atoms with Crippen LogP contribution in [0, 0.1) is 5.82 Å². The first-order valence-corrected chi connectivity index (χ1v) is 5.68. The maximum Gasteiger partial charge on any atom is 0.173 e. The molecule has 2 aromatic rings. The maximum absolute atomic E-state index is 13.4. The molecule has 3 heterocycles. The van der Waals surface area contributed by atoms with E-state index in [0.717, 1.165) is 18.7 Å². The molecule has 0 aromatic carbocycles. The van der Waals surface area contributed by atoms with Gasteiger partial charge in [-0.15, -0.1) is 0 Å². The second-order valence-corrected chi connectivity index (χ2v) is 4.32. The second-order valence-electron chi connectivity index (χ2n) is 4.32. The fourth-order valence-corrected chi connectivity index (χ4v) is 2.31. The van der Waals surface area contributed by atoms with Crippen molar-refractivity contribution in [2.45, 2.75) is 25.3 Å². The molecule has 1 saturated heterocycles. The third-order valence-electron chi connectivity index (χ3n) is 3.10. The molecule has 0 spiro atoms. The zero-order valence-corrected chi connectivity index (χ0v) is 8.99. The number of hydrogen-bond donors (Lipinski definition) is 1. The van der Waals surface area contributed by atoms with Crippen LogP contribution in [-0.2, 0) is 6.42 Å². The summed E-state index contributed by atoms with van der Waals surface area (Å²) in [5, 5.41) is 3.42. The van der Waals surface area contributed by atoms with Crippen LogP contribution in [0.4, 0.5) is 4.39 Å². The number of imidazole rings is 1. The fraction of sp³-hybridized carbons (Fsp3) is 0.417. The molecule has 16 heavy (non-hydrogen) atoms. The number of halogens is 1. The summed E-state index contributed by atoms with van der Waals surface area (Å²) in [6.45, 7) is 1.09. The van der Waals surface area contributed by atoms with E-state index in [1.165, 1.54) is 18.9 Å². The van der Waals surface area contributed by atoms with Crippen molar-refractivity contribution in [2.75, 3.05) is 6.54 Å². The Morgan fingerprint density at radius 1 is 1.56 bits per heavy atom. The molecule has 0 amide bonds. The number of rotatable bonds is 2. The van der Waals surface area contributed by atoms with Gasteiger partial charge in [0.15, 0.2) is 11.5 Å². The predicted molar refractivity (Wildman–Crippen MR) is 59.9 cm³/mol. The van der Waals surface area contributed by atoms with Crippen molar-refractivity contribution < 1.29 is 4.39 Å². The highest BCUT2D eigenvalue weighted by molar-refractivity contribution is 5.41. The quantitative estimate of drug-likeness (QED) is 0.834. The number of nitrogens with zero attached hydrogens (tertiary/aromatic N) is 2. The molecular formula is C12H14FN3. The summed E-state index contributed by atoms with van der Waals surface area (Å²) in [6, 6.07) is 3.65. The first kappa shape index (κ1) is 9.78. The Kier molecular flexibility index (Phi) is 2.36. The van der Waals surface area contributed by atoms with Crippen LogP contribution in [0.3, 0.4) is 0 Å². The van der Waals surface area contributed by atoms with Gasteiger partial charge in [-0.2, -0.15) is 0 Å². The van der Waals surface area contributed by atoms with Gasteiger partial charge in [0.25, 0.3) is 0 Å². The molecule has 1 aliphatic heterocycles. The molecule has 4 heteroatoms. The summed E-state index contributed by atoms with van der Waals surface area (Å²) in [7, 11) is 0. The number of fused-ring (bicyclic) bond motifs is 1. The van der Waals surface area contributed by atoms with Gasteiger partial charge in [-0.25, -0.2) is 9.37 Å². The Labute approximate surface area is 93.3 Å². The molecule has 0 aliphatic carbocycles. The molecule has 1 N–H and O–H groups in total. The van der Waals surface area contributed by atoms with Gasteiger partial charge in [0.2, 0.25) is 0 Å². The third-order valence-corrected chi connectivity index (χ3v) is 3.10. The van der Waals surface area contributed by atoms with Crippen molar-refractivity contribution in [3.63, 3.8) is 0 Å². The number of aromatic nitrogens is 2. The Morgan fingerprint density at radius 2 is 2.50 bits per heavy atom. The lowest BCUT2D eigenvalue weighted by Crippen LogP contribution is -2.23. The van der Waals surface area contributed by atoms with Crippen molar-refractivity contribution in [3.05, 3.63) is 36.0 Å². The van der Waals surface area contributed by atoms with E-state index in [9.17, 15) is 4.39 Å². The summed E-state index contributed by atoms with van der Waals surface area (Å²) in [5.41, 5.74) is 1.39. The van der Waals surface area contributed by atoms with Crippen LogP contribution in [0.5, 0.6) is 0 Å². The van der Waals surface area contributed by atoms with E-state index < -0.39 is 0 Å². The average molecular weight is 219 g/mol. The van der Waals surface area contributed by atoms with E-state index in [1.54, 1.807) is 10.5 Å². The van der Waals surface area contributed by atoms with Gasteiger partial charge in [-0.05, 0) is 31.5 Å². The first-order valence-electron chi connectivity index (χ1n) is 5.68. The number of nitrogens with one attached hydrogen (secondary N) is 1. The van der Waals surface area contributed by atoms with E-state index in [-0.39, 0.29) is 5.82 Å². The smallest absolute Gasteiger partial charge is 0.173 e. The zero-order chi connectivity index (χ0) is 11.0. The maximum atomic E-state index is 13.4. The fourth-order valence-electron chi connectivity index (χ4n) is 2.31. The highest BCUT2D eigenvalue weighted by Gasteiger charge is 2.16. The highest BCUT2D eigenvalue weighted by atomic mass is 19.1. The van der Waals surface area contributed by atoms with Gasteiger partial charge < -0.3 is 9.72 Å². The Bertz CT molecular complexity index is 500. The standard InChI is InChI=1S/C12H14FN3/c13-11-4-2-6-16-8-10(15-12(11)16)7-9-3-1-5-14-9/h2,4,6,8-9,14H,1,3,5,7H2. The summed E-state index contributed by atoms with van der Waals surface area (Å²) in [5.74, 6) is -0.256. The lowest BCUT2D eigenvalue weighted by atomic mass is 10.1. The number of hydrogen-bond acceptors (Lipinski definition) is 2. The minimum Gasteiger partial charge on any atom is -0.314 e. The lowest BCUT2D eigenvalue weighted by molar-refractivity contribution is 0.596. The van der Waals surface area contributed by atoms with Crippen molar-refractivity contribution in [1.29, 1.82) is 0 Å². The molecule has 0 radical (unpaired) electrons. The lowest BCUT2D eigenvalue weighted by Gasteiger charge is -2.06. The SMILES string of the molecule is Fc1cccn2cc(CC3CCCN3)nc12. The molecule has 0 saturated carbocycles.